The number of likely N-dealkylation sites (N-methyl/N-ethyl adjacent to an activating group) is 1. The third kappa shape index (κ3) is 12.0. The molecule has 0 unspecified atom stereocenters. The van der Waals surface area contributed by atoms with E-state index in [0.717, 1.165) is 6.42 Å². The Morgan fingerprint density at radius 2 is 1.84 bits per heavy atom. The van der Waals surface area contributed by atoms with Gasteiger partial charge >= 0.3 is 0 Å². The van der Waals surface area contributed by atoms with Crippen molar-refractivity contribution < 1.29 is 14.3 Å². The van der Waals surface area contributed by atoms with Gasteiger partial charge < -0.3 is 25.6 Å². The Labute approximate surface area is 168 Å². The maximum Gasteiger partial charge on any atom is 0.243 e. The first-order valence-electron chi connectivity index (χ1n) is 8.26. The number of rotatable bonds is 10. The van der Waals surface area contributed by atoms with Gasteiger partial charge in [0, 0.05) is 47.4 Å². The van der Waals surface area contributed by atoms with Gasteiger partial charge in [-0.25, -0.2) is 4.99 Å². The zero-order valence-corrected chi connectivity index (χ0v) is 18.6. The van der Waals surface area contributed by atoms with Crippen LogP contribution in [0, 0.1) is 5.41 Å². The highest BCUT2D eigenvalue weighted by atomic mass is 127. The van der Waals surface area contributed by atoms with E-state index in [-0.39, 0.29) is 42.3 Å². The van der Waals surface area contributed by atoms with Crippen LogP contribution in [0.5, 0.6) is 0 Å². The number of aliphatic imine (C=N–C) groups is 1. The van der Waals surface area contributed by atoms with Crippen LogP contribution in [0.1, 0.15) is 27.2 Å². The first-order chi connectivity index (χ1) is 11.2. The van der Waals surface area contributed by atoms with Gasteiger partial charge in [-0.1, -0.05) is 0 Å². The number of guanidine groups is 1. The predicted molar refractivity (Wildman–Crippen MR) is 111 cm³/mol. The van der Waals surface area contributed by atoms with Gasteiger partial charge in [-0.05, 0) is 27.2 Å². The number of ether oxygens (including phenoxy) is 1. The largest absolute Gasteiger partial charge is 0.382 e. The molecule has 25 heavy (non-hydrogen) atoms. The molecule has 0 aromatic heterocycles. The lowest BCUT2D eigenvalue weighted by molar-refractivity contribution is -0.128. The molecule has 2 amide bonds. The van der Waals surface area contributed by atoms with Crippen molar-refractivity contribution in [1.29, 1.82) is 0 Å². The fourth-order valence-electron chi connectivity index (χ4n) is 1.71. The van der Waals surface area contributed by atoms with E-state index in [1.165, 1.54) is 4.90 Å². The molecule has 0 saturated heterocycles. The number of nitrogens with one attached hydrogen (secondary N) is 3. The quantitative estimate of drug-likeness (QED) is 0.186. The molecule has 9 heteroatoms. The van der Waals surface area contributed by atoms with E-state index < -0.39 is 5.41 Å². The highest BCUT2D eigenvalue weighted by Gasteiger charge is 2.26. The average molecular weight is 471 g/mol. The Bertz CT molecular complexity index is 428. The standard InChI is InChI=1S/C16H33N5O3.HI/c1-7-24-10-8-9-18-15(19-11-13(22)21(5)6)20-12-16(2,3)14(23)17-4;/h7-12H2,1-6H3,(H,17,23)(H2,18,19,20);1H. The maximum atomic E-state index is 11.8. The first-order valence-corrected chi connectivity index (χ1v) is 8.26. The lowest BCUT2D eigenvalue weighted by Crippen LogP contribution is -2.47. The number of nitrogens with zero attached hydrogens (tertiary/aromatic N) is 2. The summed E-state index contributed by atoms with van der Waals surface area (Å²) in [5.74, 6) is 0.365. The van der Waals surface area contributed by atoms with Gasteiger partial charge in [0.2, 0.25) is 11.8 Å². The summed E-state index contributed by atoms with van der Waals surface area (Å²) < 4.78 is 5.29. The molecule has 0 radical (unpaired) electrons. The van der Waals surface area contributed by atoms with Crippen molar-refractivity contribution in [3.63, 3.8) is 0 Å². The number of hydrogen-bond acceptors (Lipinski definition) is 4. The molecule has 0 rings (SSSR count). The van der Waals surface area contributed by atoms with E-state index in [2.05, 4.69) is 20.9 Å². The summed E-state index contributed by atoms with van der Waals surface area (Å²) in [4.78, 5) is 29.3. The summed E-state index contributed by atoms with van der Waals surface area (Å²) in [7, 11) is 4.99. The number of hydrogen-bond donors (Lipinski definition) is 3. The molecule has 0 aromatic rings. The van der Waals surface area contributed by atoms with Crippen LogP contribution in [0.4, 0.5) is 0 Å². The Balaban J connectivity index is 0. The number of carbonyl (C=O) groups is 2. The summed E-state index contributed by atoms with van der Waals surface area (Å²) in [6.07, 6.45) is 0.828. The highest BCUT2D eigenvalue weighted by Crippen LogP contribution is 2.12. The second-order valence-corrected chi connectivity index (χ2v) is 6.25. The van der Waals surface area contributed by atoms with Gasteiger partial charge in [-0.2, -0.15) is 0 Å². The Kier molecular flexibility index (Phi) is 14.7. The molecule has 0 spiro atoms. The van der Waals surface area contributed by atoms with Gasteiger partial charge in [0.1, 0.15) is 6.54 Å². The van der Waals surface area contributed by atoms with E-state index in [1.807, 2.05) is 20.8 Å². The van der Waals surface area contributed by atoms with E-state index in [1.54, 1.807) is 21.1 Å². The van der Waals surface area contributed by atoms with Crippen LogP contribution in [0.15, 0.2) is 4.99 Å². The van der Waals surface area contributed by atoms with Crippen molar-refractivity contribution in [3.05, 3.63) is 0 Å². The second-order valence-electron chi connectivity index (χ2n) is 6.25. The molecule has 148 valence electrons. The van der Waals surface area contributed by atoms with Crippen LogP contribution in [0.2, 0.25) is 0 Å². The van der Waals surface area contributed by atoms with E-state index >= 15 is 0 Å². The summed E-state index contributed by atoms with van der Waals surface area (Å²) in [5.41, 5.74) is -0.589. The first kappa shape index (κ1) is 26.1. The molecule has 0 heterocycles. The lowest BCUT2D eigenvalue weighted by Gasteiger charge is -2.24. The molecule has 0 fully saturated rings. The van der Waals surface area contributed by atoms with Crippen molar-refractivity contribution in [2.75, 3.05) is 54.0 Å². The van der Waals surface area contributed by atoms with E-state index in [4.69, 9.17) is 4.74 Å². The molecule has 0 saturated carbocycles. The third-order valence-electron chi connectivity index (χ3n) is 3.37. The maximum absolute atomic E-state index is 11.8. The van der Waals surface area contributed by atoms with Gasteiger partial charge in [0.05, 0.1) is 5.41 Å². The molecule has 0 aliphatic heterocycles. The van der Waals surface area contributed by atoms with Crippen LogP contribution in [-0.2, 0) is 14.3 Å². The topological polar surface area (TPSA) is 95.1 Å². The smallest absolute Gasteiger partial charge is 0.243 e. The number of amides is 2. The Hall–Kier alpha value is -1.10. The fourth-order valence-corrected chi connectivity index (χ4v) is 1.71. The van der Waals surface area contributed by atoms with Gasteiger partial charge in [0.25, 0.3) is 0 Å². The molecule has 0 aromatic carbocycles. The monoisotopic (exact) mass is 471 g/mol. The highest BCUT2D eigenvalue weighted by molar-refractivity contribution is 14.0. The van der Waals surface area contributed by atoms with Gasteiger partial charge in [0.15, 0.2) is 5.96 Å². The number of carbonyl (C=O) groups excluding carboxylic acids is 2. The van der Waals surface area contributed by atoms with E-state index in [0.29, 0.717) is 32.3 Å². The zero-order valence-electron chi connectivity index (χ0n) is 16.3. The van der Waals surface area contributed by atoms with Crippen LogP contribution in [0.3, 0.4) is 0 Å². The summed E-state index contributed by atoms with van der Waals surface area (Å²) >= 11 is 0. The lowest BCUT2D eigenvalue weighted by atomic mass is 9.92. The van der Waals surface area contributed by atoms with Crippen molar-refractivity contribution in [3.8, 4) is 0 Å². The van der Waals surface area contributed by atoms with E-state index in [9.17, 15) is 9.59 Å². The van der Waals surface area contributed by atoms with Crippen LogP contribution < -0.4 is 16.0 Å². The minimum Gasteiger partial charge on any atom is -0.382 e. The fraction of sp³-hybridized carbons (Fsp3) is 0.812. The second kappa shape index (κ2) is 14.1. The minimum absolute atomic E-state index is 0. The Morgan fingerprint density at radius 1 is 1.20 bits per heavy atom. The molecule has 0 aliphatic rings. The zero-order chi connectivity index (χ0) is 18.6. The van der Waals surface area contributed by atoms with Crippen LogP contribution in [-0.4, -0.2) is 76.7 Å². The molecule has 3 N–H and O–H groups in total. The SMILES string of the molecule is CCOCCCNC(=NCC(=O)N(C)C)NCC(C)(C)C(=O)NC.I. The third-order valence-corrected chi connectivity index (χ3v) is 3.37. The molecule has 0 bridgehead atoms. The average Bonchev–Trinajstić information content (AvgIpc) is 2.54. The number of halogens is 1. The van der Waals surface area contributed by atoms with Gasteiger partial charge in [-0.15, -0.1) is 24.0 Å². The summed E-state index contributed by atoms with van der Waals surface area (Å²) in [6, 6.07) is 0. The van der Waals surface area contributed by atoms with Crippen molar-refractivity contribution >= 4 is 41.8 Å². The van der Waals surface area contributed by atoms with Crippen LogP contribution in [0.25, 0.3) is 0 Å². The van der Waals surface area contributed by atoms with Gasteiger partial charge in [-0.3, -0.25) is 9.59 Å². The van der Waals surface area contributed by atoms with Crippen molar-refractivity contribution in [2.24, 2.45) is 10.4 Å². The summed E-state index contributed by atoms with van der Waals surface area (Å²) in [6.45, 7) is 8.12. The molecule has 0 atom stereocenters. The molecule has 0 aliphatic carbocycles. The summed E-state index contributed by atoms with van der Waals surface area (Å²) in [5, 5.41) is 8.93. The molecular weight excluding hydrogens is 437 g/mol. The predicted octanol–water partition coefficient (Wildman–Crippen LogP) is 0.427. The molecule has 8 nitrogen and oxygen atoms in total. The van der Waals surface area contributed by atoms with Crippen molar-refractivity contribution in [2.45, 2.75) is 27.2 Å². The normalized spacial score (nSPS) is 11.4. The van der Waals surface area contributed by atoms with Crippen LogP contribution >= 0.6 is 24.0 Å². The van der Waals surface area contributed by atoms with Crippen molar-refractivity contribution in [1.82, 2.24) is 20.9 Å². The Morgan fingerprint density at radius 3 is 2.36 bits per heavy atom. The minimum atomic E-state index is -0.589. The molecular formula is C16H34IN5O3.